The molecule has 0 atom stereocenters. The second-order valence-electron chi connectivity index (χ2n) is 4.08. The molecule has 5 nitrogen and oxygen atoms in total. The molecule has 2 rings (SSSR count). The predicted octanol–water partition coefficient (Wildman–Crippen LogP) is 0.525. The summed E-state index contributed by atoms with van der Waals surface area (Å²) in [7, 11) is 0. The first-order valence-corrected chi connectivity index (χ1v) is 5.29. The Hall–Kier alpha value is -1.36. The fraction of sp³-hybridized carbons (Fsp3) is 0.600. The monoisotopic (exact) mass is 207 g/mol. The predicted molar refractivity (Wildman–Crippen MR) is 60.6 cm³/mol. The average Bonchev–Trinajstić information content (AvgIpc) is 2.16. The molecule has 82 valence electrons. The molecule has 1 aromatic heterocycles. The molecule has 15 heavy (non-hydrogen) atoms. The fourth-order valence-corrected chi connectivity index (χ4v) is 1.76. The van der Waals surface area contributed by atoms with Gasteiger partial charge in [-0.15, -0.1) is 0 Å². The van der Waals surface area contributed by atoms with Crippen LogP contribution in [0, 0.1) is 0 Å². The van der Waals surface area contributed by atoms with Crippen LogP contribution in [-0.4, -0.2) is 22.6 Å². The number of nitrogens with zero attached hydrogens (tertiary/aromatic N) is 2. The van der Waals surface area contributed by atoms with Gasteiger partial charge >= 0.3 is 0 Å². The lowest BCUT2D eigenvalue weighted by molar-refractivity contribution is 0.627. The summed E-state index contributed by atoms with van der Waals surface area (Å²) in [4.78, 5) is 8.51. The number of anilines is 2. The number of fused-ring (bicyclic) bond motifs is 1. The van der Waals surface area contributed by atoms with Gasteiger partial charge in [0.25, 0.3) is 0 Å². The highest BCUT2D eigenvalue weighted by Gasteiger charge is 2.16. The second-order valence-corrected chi connectivity index (χ2v) is 4.08. The molecule has 2 heterocycles. The number of rotatable bonds is 2. The molecule has 0 bridgehead atoms. The number of aromatic nitrogens is 2. The summed E-state index contributed by atoms with van der Waals surface area (Å²) in [6.45, 7) is 5.96. The van der Waals surface area contributed by atoms with Gasteiger partial charge in [0.05, 0.1) is 5.69 Å². The van der Waals surface area contributed by atoms with E-state index in [1.165, 1.54) is 0 Å². The lowest BCUT2D eigenvalue weighted by Crippen LogP contribution is -2.27. The third-order valence-corrected chi connectivity index (χ3v) is 2.38. The smallest absolute Gasteiger partial charge is 0.222 e. The van der Waals surface area contributed by atoms with Gasteiger partial charge in [0.15, 0.2) is 0 Å². The van der Waals surface area contributed by atoms with Crippen LogP contribution in [0.25, 0.3) is 0 Å². The van der Waals surface area contributed by atoms with Crippen molar-refractivity contribution in [1.82, 2.24) is 15.3 Å². The quantitative estimate of drug-likeness (QED) is 0.659. The van der Waals surface area contributed by atoms with E-state index in [0.29, 0.717) is 12.0 Å². The summed E-state index contributed by atoms with van der Waals surface area (Å²) in [5.74, 6) is 1.23. The topological polar surface area (TPSA) is 75.9 Å². The highest BCUT2D eigenvalue weighted by molar-refractivity contribution is 5.50. The van der Waals surface area contributed by atoms with Crippen molar-refractivity contribution in [1.29, 1.82) is 0 Å². The number of nitrogens with two attached hydrogens (primary N) is 1. The van der Waals surface area contributed by atoms with E-state index in [1.807, 2.05) is 0 Å². The van der Waals surface area contributed by atoms with E-state index < -0.39 is 0 Å². The highest BCUT2D eigenvalue weighted by atomic mass is 15.1. The van der Waals surface area contributed by atoms with Crippen LogP contribution in [0.2, 0.25) is 0 Å². The third-order valence-electron chi connectivity index (χ3n) is 2.38. The molecular formula is C10H17N5. The van der Waals surface area contributed by atoms with E-state index >= 15 is 0 Å². The van der Waals surface area contributed by atoms with E-state index in [-0.39, 0.29) is 0 Å². The first-order valence-electron chi connectivity index (χ1n) is 5.29. The molecule has 1 aliphatic rings. The Morgan fingerprint density at radius 3 is 2.93 bits per heavy atom. The highest BCUT2D eigenvalue weighted by Crippen LogP contribution is 2.21. The van der Waals surface area contributed by atoms with Gasteiger partial charge in [-0.2, -0.15) is 4.98 Å². The zero-order valence-corrected chi connectivity index (χ0v) is 9.17. The van der Waals surface area contributed by atoms with Crippen molar-refractivity contribution >= 4 is 11.8 Å². The van der Waals surface area contributed by atoms with Crippen LogP contribution in [0.15, 0.2) is 0 Å². The molecule has 0 saturated heterocycles. The van der Waals surface area contributed by atoms with Crippen LogP contribution < -0.4 is 16.4 Å². The summed E-state index contributed by atoms with van der Waals surface area (Å²) < 4.78 is 0. The van der Waals surface area contributed by atoms with Crippen molar-refractivity contribution in [2.75, 3.05) is 17.6 Å². The van der Waals surface area contributed by atoms with Crippen LogP contribution >= 0.6 is 0 Å². The van der Waals surface area contributed by atoms with Crippen LogP contribution in [0.1, 0.15) is 25.1 Å². The van der Waals surface area contributed by atoms with Crippen molar-refractivity contribution in [3.05, 3.63) is 11.3 Å². The fourth-order valence-electron chi connectivity index (χ4n) is 1.76. The standard InChI is InChI=1S/C10H17N5/c1-6(2)13-9-7-5-12-4-3-8(7)14-10(11)15-9/h6,12H,3-5H2,1-2H3,(H3,11,13,14,15). The van der Waals surface area contributed by atoms with Gasteiger partial charge in [0.2, 0.25) is 5.95 Å². The number of nitrogens with one attached hydrogen (secondary N) is 2. The Morgan fingerprint density at radius 2 is 2.20 bits per heavy atom. The van der Waals surface area contributed by atoms with E-state index in [4.69, 9.17) is 5.73 Å². The van der Waals surface area contributed by atoms with Gasteiger partial charge < -0.3 is 16.4 Å². The Balaban J connectivity index is 2.38. The van der Waals surface area contributed by atoms with Crippen LogP contribution in [0.3, 0.4) is 0 Å². The largest absolute Gasteiger partial charge is 0.368 e. The van der Waals surface area contributed by atoms with Crippen LogP contribution in [-0.2, 0) is 13.0 Å². The van der Waals surface area contributed by atoms with Crippen LogP contribution in [0.4, 0.5) is 11.8 Å². The first kappa shape index (κ1) is 10.2. The second kappa shape index (κ2) is 4.02. The van der Waals surface area contributed by atoms with Gasteiger partial charge in [-0.05, 0) is 13.8 Å². The minimum absolute atomic E-state index is 0.352. The summed E-state index contributed by atoms with van der Waals surface area (Å²) in [5, 5.41) is 6.62. The molecule has 4 N–H and O–H groups in total. The van der Waals surface area contributed by atoms with E-state index in [2.05, 4.69) is 34.4 Å². The summed E-state index contributed by atoms with van der Waals surface area (Å²) in [6.07, 6.45) is 0.925. The maximum Gasteiger partial charge on any atom is 0.222 e. The summed E-state index contributed by atoms with van der Waals surface area (Å²) in [6, 6.07) is 0.352. The zero-order chi connectivity index (χ0) is 10.8. The Morgan fingerprint density at radius 1 is 1.40 bits per heavy atom. The summed E-state index contributed by atoms with van der Waals surface area (Å²) >= 11 is 0. The van der Waals surface area contributed by atoms with Crippen molar-refractivity contribution in [3.8, 4) is 0 Å². The molecule has 0 saturated carbocycles. The minimum atomic E-state index is 0.352. The normalized spacial score (nSPS) is 15.1. The summed E-state index contributed by atoms with van der Waals surface area (Å²) in [5.41, 5.74) is 7.91. The van der Waals surface area contributed by atoms with Gasteiger partial charge in [-0.3, -0.25) is 0 Å². The van der Waals surface area contributed by atoms with Crippen molar-refractivity contribution in [2.24, 2.45) is 0 Å². The molecule has 5 heteroatoms. The van der Waals surface area contributed by atoms with Crippen molar-refractivity contribution in [2.45, 2.75) is 32.9 Å². The van der Waals surface area contributed by atoms with Gasteiger partial charge in [-0.25, -0.2) is 4.98 Å². The van der Waals surface area contributed by atoms with Gasteiger partial charge in [-0.1, -0.05) is 0 Å². The molecule has 1 aliphatic heterocycles. The Labute approximate surface area is 89.5 Å². The first-order chi connectivity index (χ1) is 7.16. The molecule has 0 radical (unpaired) electrons. The Bertz CT molecular complexity index is 361. The van der Waals surface area contributed by atoms with Gasteiger partial charge in [0, 0.05) is 31.1 Å². The lowest BCUT2D eigenvalue weighted by Gasteiger charge is -2.21. The molecule has 0 aliphatic carbocycles. The zero-order valence-electron chi connectivity index (χ0n) is 9.17. The van der Waals surface area contributed by atoms with Crippen LogP contribution in [0.5, 0.6) is 0 Å². The SMILES string of the molecule is CC(C)Nc1nc(N)nc2c1CNCC2. The van der Waals surface area contributed by atoms with E-state index in [1.54, 1.807) is 0 Å². The minimum Gasteiger partial charge on any atom is -0.368 e. The van der Waals surface area contributed by atoms with E-state index in [9.17, 15) is 0 Å². The molecule has 1 aromatic rings. The molecule has 0 aromatic carbocycles. The molecule has 0 spiro atoms. The van der Waals surface area contributed by atoms with Crippen molar-refractivity contribution < 1.29 is 0 Å². The molecule has 0 fully saturated rings. The number of hydrogen-bond donors (Lipinski definition) is 3. The lowest BCUT2D eigenvalue weighted by atomic mass is 10.1. The van der Waals surface area contributed by atoms with E-state index in [0.717, 1.165) is 36.6 Å². The maximum absolute atomic E-state index is 5.68. The third kappa shape index (κ3) is 2.18. The average molecular weight is 207 g/mol. The number of hydrogen-bond acceptors (Lipinski definition) is 5. The maximum atomic E-state index is 5.68. The molecular weight excluding hydrogens is 190 g/mol. The molecule has 0 amide bonds. The van der Waals surface area contributed by atoms with Crippen molar-refractivity contribution in [3.63, 3.8) is 0 Å². The molecule has 0 unspecified atom stereocenters. The van der Waals surface area contributed by atoms with Gasteiger partial charge in [0.1, 0.15) is 5.82 Å². The Kier molecular flexibility index (Phi) is 2.73. The number of nitrogen functional groups attached to an aromatic ring is 1.